The Morgan fingerprint density at radius 2 is 1.88 bits per heavy atom. The molecule has 3 rings (SSSR count). The van der Waals surface area contributed by atoms with Crippen LogP contribution in [-0.2, 0) is 6.42 Å². The Bertz CT molecular complexity index is 965. The third-order valence-corrected chi connectivity index (χ3v) is 4.70. The maximum atomic E-state index is 12.5. The third kappa shape index (κ3) is 4.29. The highest BCUT2D eigenvalue weighted by atomic mass is 32.1. The predicted octanol–water partition coefficient (Wildman–Crippen LogP) is 3.71. The monoisotopic (exact) mass is 368 g/mol. The topological polar surface area (TPSA) is 98.8 Å². The molecule has 0 saturated heterocycles. The number of fused-ring (bicyclic) bond motifs is 1. The Balaban J connectivity index is 1.68. The normalized spacial score (nSPS) is 11.2. The van der Waals surface area contributed by atoms with Gasteiger partial charge >= 0.3 is 0 Å². The van der Waals surface area contributed by atoms with Gasteiger partial charge in [0, 0.05) is 19.0 Å². The number of hydrogen-bond acceptors (Lipinski definition) is 7. The van der Waals surface area contributed by atoms with E-state index in [1.807, 2.05) is 19.9 Å². The van der Waals surface area contributed by atoms with E-state index in [1.54, 1.807) is 24.4 Å². The summed E-state index contributed by atoms with van der Waals surface area (Å²) in [5.41, 5.74) is 7.94. The molecule has 3 aromatic heterocycles. The molecule has 0 aliphatic heterocycles. The molecule has 0 radical (unpaired) electrons. The standard InChI is InChI=1S/C19H20N4O2S/c1-11(2)8-16(25)14-5-3-4-13(22-14)15(24)7-6-12-9-17-18(21-10-12)23-19(20)26-17/h3-5,9-11H,6-8H2,1-2H3,(H2,20,21,23). The number of ketones is 2. The van der Waals surface area contributed by atoms with Gasteiger partial charge in [0.15, 0.2) is 22.3 Å². The number of anilines is 1. The molecule has 6 nitrogen and oxygen atoms in total. The van der Waals surface area contributed by atoms with E-state index >= 15 is 0 Å². The second-order valence-corrected chi connectivity index (χ2v) is 7.63. The van der Waals surface area contributed by atoms with Crippen LogP contribution in [0.15, 0.2) is 30.5 Å². The van der Waals surface area contributed by atoms with Crippen LogP contribution in [0.2, 0.25) is 0 Å². The van der Waals surface area contributed by atoms with E-state index in [0.29, 0.717) is 41.4 Å². The largest absolute Gasteiger partial charge is 0.375 e. The van der Waals surface area contributed by atoms with E-state index in [0.717, 1.165) is 10.3 Å². The van der Waals surface area contributed by atoms with Crippen molar-refractivity contribution in [2.45, 2.75) is 33.1 Å². The van der Waals surface area contributed by atoms with Gasteiger partial charge in [0.2, 0.25) is 0 Å². The van der Waals surface area contributed by atoms with E-state index in [1.165, 1.54) is 11.3 Å². The molecule has 0 fully saturated rings. The lowest BCUT2D eigenvalue weighted by atomic mass is 10.0. The van der Waals surface area contributed by atoms with Gasteiger partial charge in [0.25, 0.3) is 0 Å². The van der Waals surface area contributed by atoms with E-state index in [-0.39, 0.29) is 17.5 Å². The van der Waals surface area contributed by atoms with Crippen LogP contribution in [0.25, 0.3) is 10.3 Å². The molecule has 26 heavy (non-hydrogen) atoms. The molecular formula is C19H20N4O2S. The van der Waals surface area contributed by atoms with Gasteiger partial charge in [-0.1, -0.05) is 31.3 Å². The molecule has 0 aliphatic rings. The first-order valence-electron chi connectivity index (χ1n) is 8.47. The Morgan fingerprint density at radius 1 is 1.15 bits per heavy atom. The van der Waals surface area contributed by atoms with Crippen molar-refractivity contribution in [1.29, 1.82) is 0 Å². The number of aromatic nitrogens is 3. The molecule has 0 aromatic carbocycles. The maximum absolute atomic E-state index is 12.5. The zero-order valence-electron chi connectivity index (χ0n) is 14.7. The van der Waals surface area contributed by atoms with Crippen LogP contribution in [-0.4, -0.2) is 26.5 Å². The average molecular weight is 368 g/mol. The zero-order chi connectivity index (χ0) is 18.7. The number of carbonyl (C=O) groups excluding carboxylic acids is 2. The predicted molar refractivity (Wildman–Crippen MR) is 103 cm³/mol. The summed E-state index contributed by atoms with van der Waals surface area (Å²) in [6, 6.07) is 6.98. The minimum atomic E-state index is -0.0897. The molecule has 0 aliphatic carbocycles. The number of aryl methyl sites for hydroxylation is 1. The lowest BCUT2D eigenvalue weighted by Gasteiger charge is -2.05. The fourth-order valence-electron chi connectivity index (χ4n) is 2.62. The molecule has 0 saturated carbocycles. The number of rotatable bonds is 7. The summed E-state index contributed by atoms with van der Waals surface area (Å²) in [6.45, 7) is 3.96. The minimum Gasteiger partial charge on any atom is -0.375 e. The van der Waals surface area contributed by atoms with Crippen molar-refractivity contribution in [1.82, 2.24) is 15.0 Å². The van der Waals surface area contributed by atoms with Crippen LogP contribution in [0.4, 0.5) is 5.13 Å². The number of nitrogen functional groups attached to an aromatic ring is 1. The molecule has 3 heterocycles. The first-order valence-corrected chi connectivity index (χ1v) is 9.28. The molecule has 2 N–H and O–H groups in total. The van der Waals surface area contributed by atoms with Crippen molar-refractivity contribution in [2.24, 2.45) is 5.92 Å². The number of hydrogen-bond donors (Lipinski definition) is 1. The van der Waals surface area contributed by atoms with Crippen LogP contribution in [0, 0.1) is 5.92 Å². The summed E-state index contributed by atoms with van der Waals surface area (Å²) < 4.78 is 0.909. The van der Waals surface area contributed by atoms with Crippen molar-refractivity contribution in [3.05, 3.63) is 47.4 Å². The van der Waals surface area contributed by atoms with Gasteiger partial charge in [-0.05, 0) is 36.1 Å². The van der Waals surface area contributed by atoms with Crippen LogP contribution >= 0.6 is 11.3 Å². The number of Topliss-reactive ketones (excluding diaryl/α,β-unsaturated/α-hetero) is 2. The minimum absolute atomic E-state index is 0.0351. The molecule has 0 atom stereocenters. The van der Waals surface area contributed by atoms with Crippen LogP contribution < -0.4 is 5.73 Å². The number of pyridine rings is 2. The molecule has 7 heteroatoms. The number of carbonyl (C=O) groups is 2. The van der Waals surface area contributed by atoms with Crippen molar-refractivity contribution < 1.29 is 9.59 Å². The summed E-state index contributed by atoms with van der Waals surface area (Å²) in [7, 11) is 0. The molecular weight excluding hydrogens is 348 g/mol. The fourth-order valence-corrected chi connectivity index (χ4v) is 3.38. The second-order valence-electron chi connectivity index (χ2n) is 6.57. The fraction of sp³-hybridized carbons (Fsp3) is 0.316. The smallest absolute Gasteiger partial charge is 0.182 e. The third-order valence-electron chi connectivity index (χ3n) is 3.88. The summed E-state index contributed by atoms with van der Waals surface area (Å²) in [5, 5.41) is 0.479. The highest BCUT2D eigenvalue weighted by molar-refractivity contribution is 7.22. The van der Waals surface area contributed by atoms with Gasteiger partial charge < -0.3 is 5.73 Å². The van der Waals surface area contributed by atoms with Crippen LogP contribution in [0.5, 0.6) is 0 Å². The van der Waals surface area contributed by atoms with Crippen LogP contribution in [0.1, 0.15) is 53.2 Å². The first-order chi connectivity index (χ1) is 12.4. The summed E-state index contributed by atoms with van der Waals surface area (Å²) in [6.07, 6.45) is 2.99. The molecule has 0 amide bonds. The van der Waals surface area contributed by atoms with Gasteiger partial charge in [-0.25, -0.2) is 15.0 Å². The highest BCUT2D eigenvalue weighted by Crippen LogP contribution is 2.23. The van der Waals surface area contributed by atoms with Crippen molar-refractivity contribution in [3.8, 4) is 0 Å². The van der Waals surface area contributed by atoms with Gasteiger partial charge in [-0.2, -0.15) is 0 Å². The van der Waals surface area contributed by atoms with Crippen molar-refractivity contribution >= 4 is 38.4 Å². The number of nitrogens with zero attached hydrogens (tertiary/aromatic N) is 3. The second kappa shape index (κ2) is 7.70. The number of nitrogens with two attached hydrogens (primary N) is 1. The molecule has 0 spiro atoms. The van der Waals surface area contributed by atoms with Crippen LogP contribution in [0.3, 0.4) is 0 Å². The first kappa shape index (κ1) is 18.1. The van der Waals surface area contributed by atoms with Crippen molar-refractivity contribution in [3.63, 3.8) is 0 Å². The maximum Gasteiger partial charge on any atom is 0.182 e. The highest BCUT2D eigenvalue weighted by Gasteiger charge is 2.14. The lowest BCUT2D eigenvalue weighted by molar-refractivity contribution is 0.0962. The Labute approximate surface area is 155 Å². The van der Waals surface area contributed by atoms with E-state index in [9.17, 15) is 9.59 Å². The summed E-state index contributed by atoms with van der Waals surface area (Å²) in [5.74, 6) is 0.132. The molecule has 134 valence electrons. The van der Waals surface area contributed by atoms with Gasteiger partial charge in [0.1, 0.15) is 11.4 Å². The molecule has 3 aromatic rings. The summed E-state index contributed by atoms with van der Waals surface area (Å²) >= 11 is 1.38. The molecule has 0 unspecified atom stereocenters. The Morgan fingerprint density at radius 3 is 2.62 bits per heavy atom. The van der Waals surface area contributed by atoms with E-state index in [4.69, 9.17) is 5.73 Å². The molecule has 0 bridgehead atoms. The van der Waals surface area contributed by atoms with Gasteiger partial charge in [0.05, 0.1) is 4.70 Å². The van der Waals surface area contributed by atoms with Gasteiger partial charge in [-0.3, -0.25) is 9.59 Å². The Hall–Kier alpha value is -2.67. The lowest BCUT2D eigenvalue weighted by Crippen LogP contribution is -2.10. The number of thiazole rings is 1. The SMILES string of the molecule is CC(C)CC(=O)c1cccc(C(=O)CCc2cnc3nc(N)sc3c2)n1. The summed E-state index contributed by atoms with van der Waals surface area (Å²) in [4.78, 5) is 37.2. The Kier molecular flexibility index (Phi) is 5.37. The van der Waals surface area contributed by atoms with E-state index < -0.39 is 0 Å². The quantitative estimate of drug-likeness (QED) is 0.638. The average Bonchev–Trinajstić information content (AvgIpc) is 2.98. The van der Waals surface area contributed by atoms with E-state index in [2.05, 4.69) is 15.0 Å². The van der Waals surface area contributed by atoms with Gasteiger partial charge in [-0.15, -0.1) is 0 Å². The van der Waals surface area contributed by atoms with Crippen molar-refractivity contribution in [2.75, 3.05) is 5.73 Å². The zero-order valence-corrected chi connectivity index (χ0v) is 15.5.